The normalized spacial score (nSPS) is 29.3. The molecular formula is C42H53F4N5O10S. The quantitative estimate of drug-likeness (QED) is 0.228. The number of aryl methyl sites for hydroxylation is 1. The number of halogens is 4. The molecule has 2 saturated carbocycles. The molecule has 3 N–H and O–H groups in total. The molecule has 20 heteroatoms. The monoisotopic (exact) mass is 895 g/mol. The predicted molar refractivity (Wildman–Crippen MR) is 215 cm³/mol. The number of amides is 4. The number of sulfonamides is 1. The van der Waals surface area contributed by atoms with Gasteiger partial charge in [-0.25, -0.2) is 17.6 Å². The van der Waals surface area contributed by atoms with E-state index in [2.05, 4.69) is 20.3 Å². The van der Waals surface area contributed by atoms with Crippen LogP contribution in [0.3, 0.4) is 0 Å². The van der Waals surface area contributed by atoms with Gasteiger partial charge in [-0.3, -0.25) is 19.1 Å². The Morgan fingerprint density at radius 2 is 1.82 bits per heavy atom. The third-order valence-electron chi connectivity index (χ3n) is 12.9. The summed E-state index contributed by atoms with van der Waals surface area (Å²) in [5.74, 6) is -4.54. The second-order valence-corrected chi connectivity index (χ2v) is 20.4. The summed E-state index contributed by atoms with van der Waals surface area (Å²) in [6.45, 7) is 6.47. The average Bonchev–Trinajstić information content (AvgIpc) is 4.07. The number of fused-ring (bicyclic) bond motifs is 5. The number of pyridine rings is 1. The maximum Gasteiger partial charge on any atom is 0.427 e. The number of aromatic nitrogens is 1. The first-order valence-corrected chi connectivity index (χ1v) is 22.4. The smallest absolute Gasteiger partial charge is 0.427 e. The van der Waals surface area contributed by atoms with Crippen LogP contribution in [0.5, 0.6) is 17.5 Å². The van der Waals surface area contributed by atoms with E-state index in [1.807, 2.05) is 13.0 Å². The zero-order valence-electron chi connectivity index (χ0n) is 35.4. The largest absolute Gasteiger partial charge is 0.494 e. The van der Waals surface area contributed by atoms with Gasteiger partial charge >= 0.3 is 12.3 Å². The van der Waals surface area contributed by atoms with E-state index in [0.29, 0.717) is 76.3 Å². The minimum atomic E-state index is -4.95. The summed E-state index contributed by atoms with van der Waals surface area (Å²) in [5, 5.41) is 5.94. The van der Waals surface area contributed by atoms with Gasteiger partial charge in [0.05, 0.1) is 25.0 Å². The second kappa shape index (κ2) is 16.3. The molecular weight excluding hydrogens is 843 g/mol. The van der Waals surface area contributed by atoms with Crippen LogP contribution >= 0.6 is 0 Å². The molecule has 0 spiro atoms. The molecule has 15 nitrogen and oxygen atoms in total. The molecule has 2 aliphatic carbocycles. The summed E-state index contributed by atoms with van der Waals surface area (Å²) in [7, 11) is -2.79. The Hall–Kier alpha value is -4.88. The number of hydrogen-bond acceptors (Lipinski definition) is 11. The van der Waals surface area contributed by atoms with Gasteiger partial charge < -0.3 is 34.5 Å². The van der Waals surface area contributed by atoms with Gasteiger partial charge in [0, 0.05) is 23.3 Å². The molecule has 7 rings (SSSR count). The summed E-state index contributed by atoms with van der Waals surface area (Å²) in [6, 6.07) is -0.210. The van der Waals surface area contributed by atoms with Crippen molar-refractivity contribution in [3.05, 3.63) is 35.7 Å². The second-order valence-electron chi connectivity index (χ2n) is 18.2. The molecule has 7 atom stereocenters. The van der Waals surface area contributed by atoms with Crippen molar-refractivity contribution in [2.24, 2.45) is 17.8 Å². The lowest BCUT2D eigenvalue weighted by atomic mass is 9.88. The molecule has 3 aliphatic heterocycles. The Morgan fingerprint density at radius 1 is 1.10 bits per heavy atom. The first-order chi connectivity index (χ1) is 29.0. The van der Waals surface area contributed by atoms with Crippen LogP contribution < -0.4 is 29.6 Å². The zero-order valence-corrected chi connectivity index (χ0v) is 36.3. The molecule has 1 aromatic heterocycles. The molecule has 1 unspecified atom stereocenters. The molecule has 0 radical (unpaired) electrons. The molecule has 2 aromatic rings. The summed E-state index contributed by atoms with van der Waals surface area (Å²) in [5.41, 5.74) is -3.92. The summed E-state index contributed by atoms with van der Waals surface area (Å²) in [6.07, 6.45) is -0.680. The number of alkyl halides is 3. The first kappa shape index (κ1) is 45.2. The molecule has 4 amide bonds. The first-order valence-electron chi connectivity index (χ1n) is 20.9. The number of allylic oxidation sites excluding steroid dienone is 1. The lowest BCUT2D eigenvalue weighted by Gasteiger charge is -2.34. The van der Waals surface area contributed by atoms with Crippen LogP contribution in [0.2, 0.25) is 0 Å². The van der Waals surface area contributed by atoms with E-state index < -0.39 is 91.7 Å². The standard InChI is InChI=1S/C42H53F4N5O10S/c1-22-10-7-8-11-24-20-41(24,37(54)50-62(56,57)40(5)13-14-40)49-33(52)30-17-25(21-51(30)36(53)32(23(2)16-22)47-38(55)61-39(3,4)42(44,45)46)60-35-28-18-29(43)31(58-6)19-27(28)26-12-9-15-59-34(26)48-35/h8,11,18-19,22-25,30,32H,7,9-10,12-17,20-21H2,1-6H3,(H,47,55)(H,49,52)(H,50,54)/b11-8-/t22-,23-,24?,25-,30+,32+,41-/m1/s1. The van der Waals surface area contributed by atoms with E-state index in [9.17, 15) is 40.8 Å². The number of ether oxygens (including phenoxy) is 4. The van der Waals surface area contributed by atoms with E-state index in [1.165, 1.54) is 26.2 Å². The van der Waals surface area contributed by atoms with Crippen molar-refractivity contribution >= 4 is 44.6 Å². The highest BCUT2D eigenvalue weighted by Crippen LogP contribution is 2.48. The van der Waals surface area contributed by atoms with Gasteiger partial charge in [-0.05, 0) is 101 Å². The number of alkyl carbamates (subject to hydrolysis) is 1. The Bertz CT molecular complexity index is 2290. The maximum absolute atomic E-state index is 15.3. The summed E-state index contributed by atoms with van der Waals surface area (Å²) >= 11 is 0. The van der Waals surface area contributed by atoms with Crippen LogP contribution in [0.1, 0.15) is 91.5 Å². The third kappa shape index (κ3) is 8.71. The van der Waals surface area contributed by atoms with Crippen molar-refractivity contribution in [2.45, 2.75) is 133 Å². The fourth-order valence-corrected chi connectivity index (χ4v) is 9.85. The highest BCUT2D eigenvalue weighted by molar-refractivity contribution is 7.91. The van der Waals surface area contributed by atoms with Crippen LogP contribution in [0.25, 0.3) is 10.8 Å². The van der Waals surface area contributed by atoms with Crippen molar-refractivity contribution in [1.82, 2.24) is 25.2 Å². The number of benzene rings is 1. The van der Waals surface area contributed by atoms with Gasteiger partial charge in [0.25, 0.3) is 5.91 Å². The lowest BCUT2D eigenvalue weighted by Crippen LogP contribution is -2.59. The number of hydrogen-bond donors (Lipinski definition) is 3. The Labute approximate surface area is 357 Å². The summed E-state index contributed by atoms with van der Waals surface area (Å²) < 4.78 is 107. The Balaban J connectivity index is 1.26. The Kier molecular flexibility index (Phi) is 11.9. The molecule has 4 heterocycles. The number of nitrogens with one attached hydrogen (secondary N) is 3. The van der Waals surface area contributed by atoms with E-state index in [1.54, 1.807) is 13.0 Å². The van der Waals surface area contributed by atoms with E-state index in [-0.39, 0.29) is 48.2 Å². The molecule has 0 bridgehead atoms. The van der Waals surface area contributed by atoms with Crippen LogP contribution in [0.15, 0.2) is 24.3 Å². The van der Waals surface area contributed by atoms with E-state index in [4.69, 9.17) is 18.9 Å². The fourth-order valence-electron chi connectivity index (χ4n) is 8.54. The highest BCUT2D eigenvalue weighted by Gasteiger charge is 2.63. The Morgan fingerprint density at radius 3 is 2.50 bits per heavy atom. The fraction of sp³-hybridized carbons (Fsp3) is 0.643. The number of carbonyl (C=O) groups excluding carboxylic acids is 4. The zero-order chi connectivity index (χ0) is 45.2. The van der Waals surface area contributed by atoms with Crippen LogP contribution in [-0.4, -0.2) is 103 Å². The van der Waals surface area contributed by atoms with Gasteiger partial charge in [0.2, 0.25) is 39.2 Å². The van der Waals surface area contributed by atoms with Gasteiger partial charge in [-0.15, -0.1) is 0 Å². The van der Waals surface area contributed by atoms with Crippen molar-refractivity contribution in [2.75, 3.05) is 20.3 Å². The van der Waals surface area contributed by atoms with Crippen molar-refractivity contribution < 1.29 is 64.1 Å². The van der Waals surface area contributed by atoms with Gasteiger partial charge in [0.15, 0.2) is 11.6 Å². The van der Waals surface area contributed by atoms with Crippen LogP contribution in [-0.2, 0) is 35.6 Å². The van der Waals surface area contributed by atoms with Gasteiger partial charge in [0.1, 0.15) is 23.7 Å². The van der Waals surface area contributed by atoms with E-state index in [0.717, 1.165) is 4.90 Å². The average molecular weight is 896 g/mol. The molecule has 5 aliphatic rings. The molecule has 3 fully saturated rings. The number of carbonyl (C=O) groups is 4. The molecule has 1 aromatic carbocycles. The topological polar surface area (TPSA) is 192 Å². The SMILES string of the molecule is COc1cc2c3c(nc(O[C@@H]4C[C@H]5C(=O)N[C@]6(C(=O)NS(=O)(=O)C7(C)CC7)CC6/C=C\CC[C@@H](C)C[C@@H](C)[C@H](NC(=O)OC(C)(C)C(F)(F)F)C(=O)N5C4)c2cc1F)OCCC3. The predicted octanol–water partition coefficient (Wildman–Crippen LogP) is 5.38. The minimum absolute atomic E-state index is 0.0270. The molecule has 62 heavy (non-hydrogen) atoms. The molecule has 340 valence electrons. The molecule has 1 saturated heterocycles. The number of nitrogens with zero attached hydrogens (tertiary/aromatic N) is 2. The van der Waals surface area contributed by atoms with Gasteiger partial charge in [-0.1, -0.05) is 26.0 Å². The minimum Gasteiger partial charge on any atom is -0.494 e. The van der Waals surface area contributed by atoms with Crippen LogP contribution in [0, 0.1) is 23.6 Å². The van der Waals surface area contributed by atoms with Gasteiger partial charge in [-0.2, -0.15) is 18.2 Å². The maximum atomic E-state index is 15.3. The van der Waals surface area contributed by atoms with Crippen LogP contribution in [0.4, 0.5) is 22.4 Å². The lowest BCUT2D eigenvalue weighted by molar-refractivity contribution is -0.244. The number of methoxy groups -OCH3 is 1. The summed E-state index contributed by atoms with van der Waals surface area (Å²) in [4.78, 5) is 62.4. The number of rotatable bonds is 8. The van der Waals surface area contributed by atoms with E-state index >= 15 is 4.39 Å². The van der Waals surface area contributed by atoms with Crippen molar-refractivity contribution in [1.29, 1.82) is 0 Å². The van der Waals surface area contributed by atoms with Crippen molar-refractivity contribution in [3.8, 4) is 17.5 Å². The third-order valence-corrected chi connectivity index (χ3v) is 15.1. The highest BCUT2D eigenvalue weighted by atomic mass is 32.2. The van der Waals surface area contributed by atoms with Crippen molar-refractivity contribution in [3.63, 3.8) is 0 Å².